The summed E-state index contributed by atoms with van der Waals surface area (Å²) >= 11 is 1.38. The van der Waals surface area contributed by atoms with Gasteiger partial charge in [0.15, 0.2) is 0 Å². The smallest absolute Gasteiger partial charge is 0.268 e. The van der Waals surface area contributed by atoms with Crippen LogP contribution in [0.3, 0.4) is 0 Å². The summed E-state index contributed by atoms with van der Waals surface area (Å²) in [5.41, 5.74) is 5.55. The Balaban J connectivity index is 1.35. The van der Waals surface area contributed by atoms with Crippen LogP contribution < -0.4 is 10.1 Å². The molecule has 2 heterocycles. The van der Waals surface area contributed by atoms with E-state index in [9.17, 15) is 4.79 Å². The van der Waals surface area contributed by atoms with E-state index < -0.39 is 0 Å². The van der Waals surface area contributed by atoms with Crippen LogP contribution in [0.2, 0.25) is 0 Å². The molecule has 0 fully saturated rings. The molecule has 7 heteroatoms. The standard InChI is InChI=1S/C24H24N4O2S/c1-16-8-9-18(3)21(10-16)30-13-19-11-22(31-14-19)23(29)26-24-25-15-28(27-24)12-20-7-5-4-6-17(20)2/h4-11,14-15H,12-13H2,1-3H3,(H,26,27,29). The molecule has 2 aromatic heterocycles. The summed E-state index contributed by atoms with van der Waals surface area (Å²) in [5.74, 6) is 0.928. The monoisotopic (exact) mass is 432 g/mol. The summed E-state index contributed by atoms with van der Waals surface area (Å²) in [7, 11) is 0. The Kier molecular flexibility index (Phi) is 6.13. The molecule has 31 heavy (non-hydrogen) atoms. The van der Waals surface area contributed by atoms with E-state index >= 15 is 0 Å². The fourth-order valence-corrected chi connectivity index (χ4v) is 3.94. The van der Waals surface area contributed by atoms with Gasteiger partial charge in [-0.2, -0.15) is 0 Å². The number of thiophene rings is 1. The maximum atomic E-state index is 12.6. The summed E-state index contributed by atoms with van der Waals surface area (Å²) in [6.45, 7) is 7.14. The molecule has 1 N–H and O–H groups in total. The van der Waals surface area contributed by atoms with Crippen LogP contribution in [0, 0.1) is 20.8 Å². The third-order valence-corrected chi connectivity index (χ3v) is 5.95. The van der Waals surface area contributed by atoms with Crippen LogP contribution in [0.1, 0.15) is 37.5 Å². The highest BCUT2D eigenvalue weighted by molar-refractivity contribution is 7.12. The van der Waals surface area contributed by atoms with E-state index in [0.29, 0.717) is 24.0 Å². The molecule has 1 amide bonds. The largest absolute Gasteiger partial charge is 0.489 e. The van der Waals surface area contributed by atoms with Gasteiger partial charge in [0.2, 0.25) is 5.95 Å². The molecule has 6 nitrogen and oxygen atoms in total. The molecular formula is C24H24N4O2S. The quantitative estimate of drug-likeness (QED) is 0.439. The van der Waals surface area contributed by atoms with Crippen molar-refractivity contribution in [2.45, 2.75) is 33.9 Å². The highest BCUT2D eigenvalue weighted by atomic mass is 32.1. The van der Waals surface area contributed by atoms with Gasteiger partial charge in [-0.1, -0.05) is 36.4 Å². The minimum absolute atomic E-state index is 0.225. The highest BCUT2D eigenvalue weighted by Crippen LogP contribution is 2.22. The summed E-state index contributed by atoms with van der Waals surface area (Å²) in [6.07, 6.45) is 1.62. The summed E-state index contributed by atoms with van der Waals surface area (Å²) in [5, 5.41) is 9.07. The van der Waals surface area contributed by atoms with E-state index in [0.717, 1.165) is 28.0 Å². The number of hydrogen-bond donors (Lipinski definition) is 1. The zero-order valence-electron chi connectivity index (χ0n) is 17.8. The number of ether oxygens (including phenoxy) is 1. The second-order valence-electron chi connectivity index (χ2n) is 7.52. The van der Waals surface area contributed by atoms with E-state index in [1.807, 2.05) is 49.6 Å². The molecule has 0 saturated carbocycles. The number of rotatable bonds is 7. The number of carbonyl (C=O) groups is 1. The van der Waals surface area contributed by atoms with Crippen LogP contribution >= 0.6 is 11.3 Å². The van der Waals surface area contributed by atoms with Crippen molar-refractivity contribution in [2.75, 3.05) is 5.32 Å². The Hall–Kier alpha value is -3.45. The molecule has 0 unspecified atom stereocenters. The maximum absolute atomic E-state index is 12.6. The van der Waals surface area contributed by atoms with Crippen molar-refractivity contribution in [3.8, 4) is 5.75 Å². The second-order valence-corrected chi connectivity index (χ2v) is 8.43. The van der Waals surface area contributed by atoms with Gasteiger partial charge >= 0.3 is 0 Å². The number of nitrogens with one attached hydrogen (secondary N) is 1. The minimum Gasteiger partial charge on any atom is -0.489 e. The third kappa shape index (κ3) is 5.19. The summed E-state index contributed by atoms with van der Waals surface area (Å²) in [6, 6.07) is 16.1. The summed E-state index contributed by atoms with van der Waals surface area (Å²) in [4.78, 5) is 17.4. The van der Waals surface area contributed by atoms with Gasteiger partial charge in [0.1, 0.15) is 18.7 Å². The molecule has 0 spiro atoms. The Morgan fingerprint density at radius 1 is 1.10 bits per heavy atom. The zero-order valence-corrected chi connectivity index (χ0v) is 18.6. The number of nitrogens with zero attached hydrogens (tertiary/aromatic N) is 3. The lowest BCUT2D eigenvalue weighted by molar-refractivity contribution is 0.102. The Morgan fingerprint density at radius 3 is 2.77 bits per heavy atom. The maximum Gasteiger partial charge on any atom is 0.268 e. The molecule has 4 rings (SSSR count). The molecule has 0 aliphatic heterocycles. The molecule has 4 aromatic rings. The fourth-order valence-electron chi connectivity index (χ4n) is 3.15. The summed E-state index contributed by atoms with van der Waals surface area (Å²) < 4.78 is 7.65. The first-order valence-electron chi connectivity index (χ1n) is 10.0. The van der Waals surface area contributed by atoms with Crippen LogP contribution in [0.15, 0.2) is 60.2 Å². The van der Waals surface area contributed by atoms with Gasteiger partial charge in [-0.05, 0) is 60.5 Å². The number of amides is 1. The Labute approximate surface area is 185 Å². The molecule has 0 saturated heterocycles. The predicted molar refractivity (Wildman–Crippen MR) is 123 cm³/mol. The minimum atomic E-state index is -0.225. The number of hydrogen-bond acceptors (Lipinski definition) is 5. The van der Waals surface area contributed by atoms with Gasteiger partial charge in [-0.15, -0.1) is 16.4 Å². The molecule has 158 valence electrons. The van der Waals surface area contributed by atoms with Crippen molar-refractivity contribution in [1.29, 1.82) is 0 Å². The van der Waals surface area contributed by atoms with E-state index in [2.05, 4.69) is 40.5 Å². The SMILES string of the molecule is Cc1ccc(C)c(OCc2csc(C(=O)Nc3ncn(Cc4ccccc4C)n3)c2)c1. The van der Waals surface area contributed by atoms with Gasteiger partial charge in [-0.25, -0.2) is 9.67 Å². The molecule has 0 radical (unpaired) electrons. The highest BCUT2D eigenvalue weighted by Gasteiger charge is 2.13. The van der Waals surface area contributed by atoms with Gasteiger partial charge in [0.25, 0.3) is 5.91 Å². The van der Waals surface area contributed by atoms with Crippen molar-refractivity contribution in [3.63, 3.8) is 0 Å². The first kappa shape index (κ1) is 20.8. The number of anilines is 1. The average molecular weight is 433 g/mol. The van der Waals surface area contributed by atoms with Gasteiger partial charge in [0, 0.05) is 5.56 Å². The van der Waals surface area contributed by atoms with Crippen LogP contribution in [0.4, 0.5) is 5.95 Å². The zero-order chi connectivity index (χ0) is 21.8. The lowest BCUT2D eigenvalue weighted by atomic mass is 10.1. The molecule has 2 aromatic carbocycles. The fraction of sp³-hybridized carbons (Fsp3) is 0.208. The van der Waals surface area contributed by atoms with E-state index in [4.69, 9.17) is 4.74 Å². The van der Waals surface area contributed by atoms with Crippen molar-refractivity contribution in [2.24, 2.45) is 0 Å². The number of aryl methyl sites for hydroxylation is 3. The average Bonchev–Trinajstić information content (AvgIpc) is 3.40. The van der Waals surface area contributed by atoms with E-state index in [1.165, 1.54) is 16.9 Å². The Bertz CT molecular complexity index is 1210. The lowest BCUT2D eigenvalue weighted by Gasteiger charge is -2.08. The van der Waals surface area contributed by atoms with Gasteiger partial charge in [0.05, 0.1) is 11.4 Å². The second kappa shape index (κ2) is 9.14. The molecule has 0 aliphatic carbocycles. The third-order valence-electron chi connectivity index (χ3n) is 4.97. The molecule has 0 aliphatic rings. The van der Waals surface area contributed by atoms with E-state index in [1.54, 1.807) is 11.0 Å². The number of benzene rings is 2. The normalized spacial score (nSPS) is 10.8. The van der Waals surface area contributed by atoms with Crippen LogP contribution in [-0.2, 0) is 13.2 Å². The molecule has 0 bridgehead atoms. The number of aromatic nitrogens is 3. The van der Waals surface area contributed by atoms with Crippen molar-refractivity contribution in [1.82, 2.24) is 14.8 Å². The number of carbonyl (C=O) groups excluding carboxylic acids is 1. The van der Waals surface area contributed by atoms with Gasteiger partial charge in [-0.3, -0.25) is 10.1 Å². The van der Waals surface area contributed by atoms with Gasteiger partial charge < -0.3 is 4.74 Å². The predicted octanol–water partition coefficient (Wildman–Crippen LogP) is 5.14. The van der Waals surface area contributed by atoms with Crippen LogP contribution in [0.25, 0.3) is 0 Å². The first-order valence-corrected chi connectivity index (χ1v) is 10.9. The van der Waals surface area contributed by atoms with Crippen LogP contribution in [0.5, 0.6) is 5.75 Å². The van der Waals surface area contributed by atoms with Crippen LogP contribution in [-0.4, -0.2) is 20.7 Å². The Morgan fingerprint density at radius 2 is 1.94 bits per heavy atom. The topological polar surface area (TPSA) is 69.0 Å². The van der Waals surface area contributed by atoms with E-state index in [-0.39, 0.29) is 5.91 Å². The molecule has 0 atom stereocenters. The van der Waals surface area contributed by atoms with Crippen molar-refractivity contribution < 1.29 is 9.53 Å². The molecular weight excluding hydrogens is 408 g/mol. The van der Waals surface area contributed by atoms with Crippen molar-refractivity contribution >= 4 is 23.2 Å². The lowest BCUT2D eigenvalue weighted by Crippen LogP contribution is -2.12. The first-order chi connectivity index (χ1) is 15.0. The van der Waals surface area contributed by atoms with Crippen molar-refractivity contribution in [3.05, 3.63) is 92.9 Å².